The van der Waals surface area contributed by atoms with Crippen LogP contribution in [-0.4, -0.2) is 35.7 Å². The highest BCUT2D eigenvalue weighted by molar-refractivity contribution is 9.10. The van der Waals surface area contributed by atoms with Crippen molar-refractivity contribution < 1.29 is 9.53 Å². The van der Waals surface area contributed by atoms with Gasteiger partial charge in [-0.1, -0.05) is 22.9 Å². The monoisotopic (exact) mass is 424 g/mol. The number of hydrogen-bond donors (Lipinski definition) is 2. The molecule has 9 heteroatoms. The van der Waals surface area contributed by atoms with E-state index in [1.165, 1.54) is 16.6 Å². The van der Waals surface area contributed by atoms with Gasteiger partial charge in [-0.3, -0.25) is 24.0 Å². The molecule has 0 bridgehead atoms. The quantitative estimate of drug-likeness (QED) is 0.700. The van der Waals surface area contributed by atoms with Crippen molar-refractivity contribution in [2.75, 3.05) is 30.9 Å². The van der Waals surface area contributed by atoms with Crippen molar-refractivity contribution in [3.05, 3.63) is 55.1 Å². The molecule has 1 aromatic carbocycles. The molecule has 0 aliphatic heterocycles. The average molecular weight is 425 g/mol. The number of nitrogens with two attached hydrogens (primary N) is 1. The molecular formula is C17H21BrN4O4. The number of nitrogen functional groups attached to an aromatic ring is 1. The van der Waals surface area contributed by atoms with E-state index < -0.39 is 17.2 Å². The first-order chi connectivity index (χ1) is 12.4. The zero-order valence-electron chi connectivity index (χ0n) is 14.6. The zero-order chi connectivity index (χ0) is 19.3. The van der Waals surface area contributed by atoms with E-state index in [2.05, 4.69) is 20.9 Å². The van der Waals surface area contributed by atoms with Crippen LogP contribution in [0.1, 0.15) is 23.7 Å². The average Bonchev–Trinajstić information content (AvgIpc) is 2.61. The van der Waals surface area contributed by atoms with Crippen LogP contribution in [0.5, 0.6) is 0 Å². The molecule has 140 valence electrons. The third-order valence-corrected chi connectivity index (χ3v) is 4.32. The summed E-state index contributed by atoms with van der Waals surface area (Å²) in [4.78, 5) is 40.9. The van der Waals surface area contributed by atoms with Crippen LogP contribution in [0.25, 0.3) is 0 Å². The first kappa shape index (κ1) is 19.9. The van der Waals surface area contributed by atoms with Crippen LogP contribution in [0, 0.1) is 0 Å². The van der Waals surface area contributed by atoms with E-state index in [9.17, 15) is 14.4 Å². The first-order valence-electron chi connectivity index (χ1n) is 8.09. The fraction of sp³-hybridized carbons (Fsp3) is 0.353. The molecule has 2 aromatic rings. The topological polar surface area (TPSA) is 110 Å². The molecule has 0 fully saturated rings. The molecule has 0 unspecified atom stereocenters. The Labute approximate surface area is 158 Å². The first-order valence-corrected chi connectivity index (χ1v) is 8.89. The zero-order valence-corrected chi connectivity index (χ0v) is 16.2. The number of ether oxygens (including phenoxy) is 1. The maximum Gasteiger partial charge on any atom is 0.330 e. The van der Waals surface area contributed by atoms with E-state index in [1.807, 2.05) is 6.92 Å². The van der Waals surface area contributed by atoms with Crippen LogP contribution in [0.3, 0.4) is 0 Å². The maximum absolute atomic E-state index is 13.0. The standard InChI is InChI=1S/C17H21BrN4O4/c1-3-8-22-14(19)13(15(23)20-17(22)25)21(9-10-26-2)16(24)11-4-6-12(18)7-5-11/h4-7H,3,8-10,19H2,1-2H3,(H,20,23,25). The molecular weight excluding hydrogens is 404 g/mol. The number of amides is 1. The predicted octanol–water partition coefficient (Wildman–Crippen LogP) is 1.58. The van der Waals surface area contributed by atoms with Crippen molar-refractivity contribution >= 4 is 33.3 Å². The Bertz CT molecular complexity index is 889. The number of aromatic nitrogens is 2. The third-order valence-electron chi connectivity index (χ3n) is 3.79. The summed E-state index contributed by atoms with van der Waals surface area (Å²) in [5.41, 5.74) is 5.11. The number of aromatic amines is 1. The lowest BCUT2D eigenvalue weighted by Gasteiger charge is -2.24. The van der Waals surface area contributed by atoms with E-state index in [1.54, 1.807) is 24.3 Å². The van der Waals surface area contributed by atoms with Gasteiger partial charge >= 0.3 is 5.69 Å². The second-order valence-corrected chi connectivity index (χ2v) is 6.52. The highest BCUT2D eigenvalue weighted by atomic mass is 79.9. The molecule has 0 aliphatic carbocycles. The molecule has 0 spiro atoms. The fourth-order valence-corrected chi connectivity index (χ4v) is 2.79. The molecule has 1 amide bonds. The molecule has 8 nitrogen and oxygen atoms in total. The summed E-state index contributed by atoms with van der Waals surface area (Å²) in [6.07, 6.45) is 0.647. The molecule has 0 atom stereocenters. The summed E-state index contributed by atoms with van der Waals surface area (Å²) in [6, 6.07) is 6.73. The summed E-state index contributed by atoms with van der Waals surface area (Å²) in [6.45, 7) is 2.53. The van der Waals surface area contributed by atoms with Gasteiger partial charge in [0.25, 0.3) is 11.5 Å². The van der Waals surface area contributed by atoms with Gasteiger partial charge in [-0.05, 0) is 30.7 Å². The van der Waals surface area contributed by atoms with Gasteiger partial charge in [-0.2, -0.15) is 0 Å². The Kier molecular flexibility index (Phi) is 6.76. The minimum Gasteiger partial charge on any atom is -0.383 e. The Morgan fingerprint density at radius 3 is 2.54 bits per heavy atom. The van der Waals surface area contributed by atoms with Crippen LogP contribution in [0.2, 0.25) is 0 Å². The number of nitrogens with zero attached hydrogens (tertiary/aromatic N) is 2. The fourth-order valence-electron chi connectivity index (χ4n) is 2.53. The lowest BCUT2D eigenvalue weighted by molar-refractivity contribution is 0.0975. The summed E-state index contributed by atoms with van der Waals surface area (Å²) >= 11 is 3.32. The van der Waals surface area contributed by atoms with Gasteiger partial charge < -0.3 is 10.5 Å². The number of H-pyrrole nitrogens is 1. The number of benzene rings is 1. The number of carbonyl (C=O) groups is 1. The number of rotatable bonds is 7. The van der Waals surface area contributed by atoms with Crippen molar-refractivity contribution in [1.29, 1.82) is 0 Å². The predicted molar refractivity (Wildman–Crippen MR) is 104 cm³/mol. The number of hydrogen-bond acceptors (Lipinski definition) is 5. The van der Waals surface area contributed by atoms with E-state index in [-0.39, 0.29) is 24.7 Å². The summed E-state index contributed by atoms with van der Waals surface area (Å²) in [5.74, 6) is -0.449. The van der Waals surface area contributed by atoms with Gasteiger partial charge in [-0.15, -0.1) is 0 Å². The van der Waals surface area contributed by atoms with Crippen molar-refractivity contribution in [2.24, 2.45) is 0 Å². The summed E-state index contributed by atoms with van der Waals surface area (Å²) in [7, 11) is 1.49. The van der Waals surface area contributed by atoms with Crippen molar-refractivity contribution in [1.82, 2.24) is 9.55 Å². The Morgan fingerprint density at radius 1 is 1.31 bits per heavy atom. The van der Waals surface area contributed by atoms with Crippen molar-refractivity contribution in [3.8, 4) is 0 Å². The summed E-state index contributed by atoms with van der Waals surface area (Å²) in [5, 5.41) is 0. The van der Waals surface area contributed by atoms with Crippen LogP contribution < -0.4 is 21.9 Å². The minimum atomic E-state index is -0.707. The number of nitrogens with one attached hydrogen (secondary N) is 1. The SMILES string of the molecule is CCCn1c(N)c(N(CCOC)C(=O)c2ccc(Br)cc2)c(=O)[nH]c1=O. The molecule has 0 saturated heterocycles. The molecule has 2 rings (SSSR count). The lowest BCUT2D eigenvalue weighted by Crippen LogP contribution is -2.42. The van der Waals surface area contributed by atoms with Crippen LogP contribution in [-0.2, 0) is 11.3 Å². The summed E-state index contributed by atoms with van der Waals surface area (Å²) < 4.78 is 7.14. The molecule has 0 saturated carbocycles. The molecule has 0 radical (unpaired) electrons. The van der Waals surface area contributed by atoms with E-state index in [0.29, 0.717) is 18.5 Å². The molecule has 26 heavy (non-hydrogen) atoms. The normalized spacial score (nSPS) is 10.7. The van der Waals surface area contributed by atoms with Crippen LogP contribution >= 0.6 is 15.9 Å². The lowest BCUT2D eigenvalue weighted by atomic mass is 10.2. The van der Waals surface area contributed by atoms with E-state index in [4.69, 9.17) is 10.5 Å². The van der Waals surface area contributed by atoms with Gasteiger partial charge in [0, 0.05) is 30.2 Å². The second kappa shape index (κ2) is 8.81. The molecule has 3 N–H and O–H groups in total. The number of methoxy groups -OCH3 is 1. The Morgan fingerprint density at radius 2 is 1.96 bits per heavy atom. The van der Waals surface area contributed by atoms with Crippen LogP contribution in [0.15, 0.2) is 38.3 Å². The highest BCUT2D eigenvalue weighted by Crippen LogP contribution is 2.20. The van der Waals surface area contributed by atoms with Crippen molar-refractivity contribution in [3.63, 3.8) is 0 Å². The van der Waals surface area contributed by atoms with Crippen LogP contribution in [0.4, 0.5) is 11.5 Å². The number of anilines is 2. The highest BCUT2D eigenvalue weighted by Gasteiger charge is 2.25. The van der Waals surface area contributed by atoms with Gasteiger partial charge in [-0.25, -0.2) is 4.79 Å². The third kappa shape index (κ3) is 4.23. The second-order valence-electron chi connectivity index (χ2n) is 5.60. The minimum absolute atomic E-state index is 0.0397. The van der Waals surface area contributed by atoms with Crippen molar-refractivity contribution in [2.45, 2.75) is 19.9 Å². The Balaban J connectivity index is 2.58. The van der Waals surface area contributed by atoms with Gasteiger partial charge in [0.1, 0.15) is 5.82 Å². The van der Waals surface area contributed by atoms with Gasteiger partial charge in [0.15, 0.2) is 5.69 Å². The largest absolute Gasteiger partial charge is 0.383 e. The van der Waals surface area contributed by atoms with E-state index >= 15 is 0 Å². The number of carbonyl (C=O) groups excluding carboxylic acids is 1. The Hall–Kier alpha value is -2.39. The molecule has 1 heterocycles. The van der Waals surface area contributed by atoms with Gasteiger partial charge in [0.05, 0.1) is 6.61 Å². The molecule has 1 aromatic heterocycles. The number of halogens is 1. The smallest absolute Gasteiger partial charge is 0.330 e. The van der Waals surface area contributed by atoms with Gasteiger partial charge in [0.2, 0.25) is 0 Å². The molecule has 0 aliphatic rings. The van der Waals surface area contributed by atoms with E-state index in [0.717, 1.165) is 4.47 Å². The maximum atomic E-state index is 13.0.